The average molecular weight is 598 g/mol. The number of hydrogen-bond donors (Lipinski definition) is 3. The summed E-state index contributed by atoms with van der Waals surface area (Å²) in [7, 11) is 0. The fourth-order valence-corrected chi connectivity index (χ4v) is 6.24. The SMILES string of the molecule is CC(=O)NCc1ccccc1-c1ccc(C2OC(CSc3ccc(C(=O)O)cc3)C(C)C(c3ccc(CO)cc3)O2)cc1. The quantitative estimate of drug-likeness (QED) is 0.173. The van der Waals surface area contributed by atoms with E-state index < -0.39 is 12.3 Å². The van der Waals surface area contributed by atoms with Crippen LogP contribution in [0.4, 0.5) is 0 Å². The van der Waals surface area contributed by atoms with Gasteiger partial charge >= 0.3 is 5.97 Å². The number of rotatable bonds is 10. The number of nitrogens with one attached hydrogen (secondary N) is 1. The first-order valence-electron chi connectivity index (χ1n) is 14.2. The zero-order valence-corrected chi connectivity index (χ0v) is 24.9. The Morgan fingerprint density at radius 1 is 0.860 bits per heavy atom. The second-order valence-electron chi connectivity index (χ2n) is 10.7. The third-order valence-electron chi connectivity index (χ3n) is 7.68. The molecule has 43 heavy (non-hydrogen) atoms. The molecule has 1 heterocycles. The van der Waals surface area contributed by atoms with Crippen molar-refractivity contribution in [3.05, 3.63) is 125 Å². The number of aliphatic hydroxyl groups is 1. The van der Waals surface area contributed by atoms with Crippen LogP contribution in [0.3, 0.4) is 0 Å². The molecule has 222 valence electrons. The Hall–Kier alpha value is -3.95. The monoisotopic (exact) mass is 597 g/mol. The van der Waals surface area contributed by atoms with Gasteiger partial charge < -0.3 is 25.0 Å². The molecule has 3 N–H and O–H groups in total. The molecule has 0 aromatic heterocycles. The van der Waals surface area contributed by atoms with Gasteiger partial charge in [0.15, 0.2) is 6.29 Å². The van der Waals surface area contributed by atoms with Gasteiger partial charge in [-0.05, 0) is 52.1 Å². The van der Waals surface area contributed by atoms with Crippen LogP contribution in [0.25, 0.3) is 11.1 Å². The molecule has 8 heteroatoms. The molecule has 0 aliphatic carbocycles. The van der Waals surface area contributed by atoms with Gasteiger partial charge in [0, 0.05) is 35.6 Å². The van der Waals surface area contributed by atoms with Crippen LogP contribution in [0.2, 0.25) is 0 Å². The second-order valence-corrected chi connectivity index (χ2v) is 11.7. The molecule has 4 aromatic carbocycles. The molecule has 0 saturated carbocycles. The summed E-state index contributed by atoms with van der Waals surface area (Å²) in [6.07, 6.45) is -0.976. The highest BCUT2D eigenvalue weighted by Crippen LogP contribution is 2.43. The van der Waals surface area contributed by atoms with Crippen molar-refractivity contribution in [2.75, 3.05) is 5.75 Å². The summed E-state index contributed by atoms with van der Waals surface area (Å²) in [6.45, 7) is 4.06. The van der Waals surface area contributed by atoms with Gasteiger partial charge in [-0.25, -0.2) is 4.79 Å². The van der Waals surface area contributed by atoms with Crippen molar-refractivity contribution in [3.63, 3.8) is 0 Å². The van der Waals surface area contributed by atoms with Gasteiger partial charge in [0.05, 0.1) is 24.4 Å². The van der Waals surface area contributed by atoms with Gasteiger partial charge in [0.2, 0.25) is 5.91 Å². The standard InChI is InChI=1S/C35H35NO6S/c1-22-32(21-43-30-17-15-27(16-18-30)34(39)40)41-35(42-33(22)26-9-7-24(20-37)8-10-26)28-13-11-25(12-14-28)31-6-4-3-5-29(31)19-36-23(2)38/h3-18,22,32-33,35,37H,19-21H2,1-2H3,(H,36,38)(H,39,40). The number of ether oxygens (including phenoxy) is 2. The van der Waals surface area contributed by atoms with E-state index in [0.29, 0.717) is 12.3 Å². The smallest absolute Gasteiger partial charge is 0.335 e. The maximum atomic E-state index is 11.5. The molecule has 4 unspecified atom stereocenters. The van der Waals surface area contributed by atoms with E-state index in [1.54, 1.807) is 23.9 Å². The molecular weight excluding hydrogens is 562 g/mol. The minimum atomic E-state index is -0.946. The predicted molar refractivity (Wildman–Crippen MR) is 166 cm³/mol. The molecular formula is C35H35NO6S. The molecule has 1 amide bonds. The van der Waals surface area contributed by atoms with E-state index in [1.165, 1.54) is 6.92 Å². The molecule has 1 aliphatic heterocycles. The molecule has 1 fully saturated rings. The van der Waals surface area contributed by atoms with Gasteiger partial charge in [-0.15, -0.1) is 11.8 Å². The van der Waals surface area contributed by atoms with E-state index in [4.69, 9.17) is 9.47 Å². The van der Waals surface area contributed by atoms with Crippen molar-refractivity contribution < 1.29 is 29.3 Å². The fourth-order valence-electron chi connectivity index (χ4n) is 5.18. The Morgan fingerprint density at radius 2 is 1.53 bits per heavy atom. The maximum Gasteiger partial charge on any atom is 0.335 e. The van der Waals surface area contributed by atoms with Gasteiger partial charge in [0.1, 0.15) is 0 Å². The van der Waals surface area contributed by atoms with E-state index in [9.17, 15) is 19.8 Å². The van der Waals surface area contributed by atoms with Crippen LogP contribution in [0.15, 0.2) is 102 Å². The lowest BCUT2D eigenvalue weighted by Crippen LogP contribution is -2.38. The van der Waals surface area contributed by atoms with Crippen molar-refractivity contribution in [3.8, 4) is 11.1 Å². The lowest BCUT2D eigenvalue weighted by Gasteiger charge is -2.41. The van der Waals surface area contributed by atoms with Crippen LogP contribution in [0.5, 0.6) is 0 Å². The summed E-state index contributed by atoms with van der Waals surface area (Å²) in [5, 5.41) is 21.6. The summed E-state index contributed by atoms with van der Waals surface area (Å²) in [4.78, 5) is 23.7. The van der Waals surface area contributed by atoms with Crippen molar-refractivity contribution in [2.24, 2.45) is 5.92 Å². The van der Waals surface area contributed by atoms with Crippen LogP contribution >= 0.6 is 11.8 Å². The van der Waals surface area contributed by atoms with Crippen molar-refractivity contribution in [1.82, 2.24) is 5.32 Å². The van der Waals surface area contributed by atoms with E-state index in [0.717, 1.165) is 38.3 Å². The maximum absolute atomic E-state index is 11.5. The first-order valence-corrected chi connectivity index (χ1v) is 15.2. The molecule has 0 bridgehead atoms. The Kier molecular flexibility index (Phi) is 9.94. The number of carboxylic acids is 1. The highest BCUT2D eigenvalue weighted by molar-refractivity contribution is 7.99. The number of carbonyl (C=O) groups excluding carboxylic acids is 1. The first kappa shape index (κ1) is 30.5. The van der Waals surface area contributed by atoms with Gasteiger partial charge in [-0.1, -0.05) is 79.7 Å². The molecule has 1 aliphatic rings. The van der Waals surface area contributed by atoms with Crippen LogP contribution in [-0.4, -0.2) is 33.9 Å². The Morgan fingerprint density at radius 3 is 2.19 bits per heavy atom. The molecule has 0 spiro atoms. The molecule has 4 aromatic rings. The summed E-state index contributed by atoms with van der Waals surface area (Å²) >= 11 is 1.62. The van der Waals surface area contributed by atoms with Gasteiger partial charge in [-0.2, -0.15) is 0 Å². The number of carbonyl (C=O) groups is 2. The summed E-state index contributed by atoms with van der Waals surface area (Å²) < 4.78 is 13.2. The third-order valence-corrected chi connectivity index (χ3v) is 8.78. The van der Waals surface area contributed by atoms with Crippen LogP contribution in [-0.2, 0) is 27.4 Å². The van der Waals surface area contributed by atoms with E-state index in [2.05, 4.69) is 12.2 Å². The van der Waals surface area contributed by atoms with Crippen LogP contribution in [0.1, 0.15) is 58.9 Å². The zero-order valence-electron chi connectivity index (χ0n) is 24.1. The number of benzene rings is 4. The second kappa shape index (κ2) is 14.0. The molecule has 0 radical (unpaired) electrons. The lowest BCUT2D eigenvalue weighted by atomic mass is 9.91. The number of hydrogen-bond acceptors (Lipinski definition) is 6. The highest BCUT2D eigenvalue weighted by atomic mass is 32.2. The summed E-state index contributed by atoms with van der Waals surface area (Å²) in [5.41, 5.74) is 6.12. The summed E-state index contributed by atoms with van der Waals surface area (Å²) in [5.74, 6) is -0.329. The number of aromatic carboxylic acids is 1. The average Bonchev–Trinajstić information content (AvgIpc) is 3.04. The Labute approximate surface area is 255 Å². The number of aliphatic hydroxyl groups excluding tert-OH is 1. The van der Waals surface area contributed by atoms with Crippen molar-refractivity contribution >= 4 is 23.6 Å². The zero-order chi connectivity index (χ0) is 30.3. The number of amides is 1. The van der Waals surface area contributed by atoms with E-state index in [-0.39, 0.29) is 36.2 Å². The molecule has 5 rings (SSSR count). The molecule has 7 nitrogen and oxygen atoms in total. The summed E-state index contributed by atoms with van der Waals surface area (Å²) in [6, 6.07) is 30.8. The van der Waals surface area contributed by atoms with Gasteiger partial charge in [0.25, 0.3) is 0 Å². The predicted octanol–water partition coefficient (Wildman–Crippen LogP) is 6.76. The van der Waals surface area contributed by atoms with Crippen molar-refractivity contribution in [2.45, 2.75) is 50.4 Å². The Bertz CT molecular complexity index is 1540. The largest absolute Gasteiger partial charge is 0.478 e. The van der Waals surface area contributed by atoms with E-state index in [1.807, 2.05) is 84.9 Å². The number of carboxylic acid groups (broad SMARTS) is 1. The highest BCUT2D eigenvalue weighted by Gasteiger charge is 2.38. The normalized spacial score (nSPS) is 20.0. The Balaban J connectivity index is 1.38. The first-order chi connectivity index (χ1) is 20.8. The minimum Gasteiger partial charge on any atom is -0.478 e. The van der Waals surface area contributed by atoms with Crippen LogP contribution < -0.4 is 5.32 Å². The molecule has 1 saturated heterocycles. The molecule has 4 atom stereocenters. The lowest BCUT2D eigenvalue weighted by molar-refractivity contribution is -0.268. The van der Waals surface area contributed by atoms with Crippen LogP contribution in [0, 0.1) is 5.92 Å². The van der Waals surface area contributed by atoms with E-state index >= 15 is 0 Å². The topological polar surface area (TPSA) is 105 Å². The van der Waals surface area contributed by atoms with Crippen molar-refractivity contribution in [1.29, 1.82) is 0 Å². The number of thioether (sulfide) groups is 1. The van der Waals surface area contributed by atoms with Gasteiger partial charge in [-0.3, -0.25) is 4.79 Å². The fraction of sp³-hybridized carbons (Fsp3) is 0.257. The third kappa shape index (κ3) is 7.53. The minimum absolute atomic E-state index is 0.0205.